The molecule has 2 aromatic rings. The summed E-state index contributed by atoms with van der Waals surface area (Å²) in [6.45, 7) is 1.80. The van der Waals surface area contributed by atoms with Crippen molar-refractivity contribution in [3.63, 3.8) is 0 Å². The lowest BCUT2D eigenvalue weighted by Gasteiger charge is -2.22. The van der Waals surface area contributed by atoms with Crippen molar-refractivity contribution < 1.29 is 23.7 Å². The summed E-state index contributed by atoms with van der Waals surface area (Å²) in [5.74, 6) is 3.78. The maximum atomic E-state index is 12.6. The Morgan fingerprint density at radius 3 is 2.52 bits per heavy atom. The van der Waals surface area contributed by atoms with Crippen LogP contribution >= 0.6 is 0 Å². The fourth-order valence-electron chi connectivity index (χ4n) is 3.88. The number of fused-ring (bicyclic) bond motifs is 1. The van der Waals surface area contributed by atoms with Crippen LogP contribution in [0.5, 0.6) is 23.0 Å². The van der Waals surface area contributed by atoms with Gasteiger partial charge in [0.2, 0.25) is 0 Å². The monoisotopic (exact) mass is 397 g/mol. The summed E-state index contributed by atoms with van der Waals surface area (Å²) in [6, 6.07) is 11.4. The van der Waals surface area contributed by atoms with Gasteiger partial charge in [-0.05, 0) is 67.0 Å². The fraction of sp³-hybridized carbons (Fsp3) is 0.435. The molecule has 1 aliphatic heterocycles. The summed E-state index contributed by atoms with van der Waals surface area (Å²) in [7, 11) is 3.14. The highest BCUT2D eigenvalue weighted by Crippen LogP contribution is 2.46. The van der Waals surface area contributed by atoms with E-state index < -0.39 is 0 Å². The van der Waals surface area contributed by atoms with Gasteiger partial charge in [0.05, 0.1) is 14.2 Å². The maximum Gasteiger partial charge on any atom is 0.251 e. The van der Waals surface area contributed by atoms with Crippen LogP contribution in [0.1, 0.15) is 41.1 Å². The third kappa shape index (κ3) is 4.42. The highest BCUT2D eigenvalue weighted by molar-refractivity contribution is 5.94. The molecule has 1 amide bonds. The third-order valence-corrected chi connectivity index (χ3v) is 5.57. The van der Waals surface area contributed by atoms with Crippen LogP contribution in [-0.2, 0) is 0 Å². The molecule has 0 aromatic heterocycles. The average molecular weight is 397 g/mol. The Morgan fingerprint density at radius 1 is 1.03 bits per heavy atom. The number of rotatable bonds is 8. The predicted molar refractivity (Wildman–Crippen MR) is 109 cm³/mol. The zero-order valence-corrected chi connectivity index (χ0v) is 16.9. The Kier molecular flexibility index (Phi) is 5.79. The molecule has 1 heterocycles. The second kappa shape index (κ2) is 8.64. The van der Waals surface area contributed by atoms with Crippen molar-refractivity contribution >= 4 is 5.91 Å². The number of methoxy groups -OCH3 is 2. The van der Waals surface area contributed by atoms with Gasteiger partial charge < -0.3 is 24.3 Å². The van der Waals surface area contributed by atoms with Crippen LogP contribution in [0.3, 0.4) is 0 Å². The van der Waals surface area contributed by atoms with Crippen molar-refractivity contribution in [1.29, 1.82) is 0 Å². The second-order valence-corrected chi connectivity index (χ2v) is 7.46. The van der Waals surface area contributed by atoms with Gasteiger partial charge in [-0.1, -0.05) is 6.07 Å². The van der Waals surface area contributed by atoms with Gasteiger partial charge in [-0.25, -0.2) is 0 Å². The molecule has 1 N–H and O–H groups in total. The predicted octanol–water partition coefficient (Wildman–Crippen LogP) is 3.79. The van der Waals surface area contributed by atoms with Crippen LogP contribution < -0.4 is 24.3 Å². The number of hydrogen-bond donors (Lipinski definition) is 1. The molecule has 0 bridgehead atoms. The number of carbonyl (C=O) groups is 1. The van der Waals surface area contributed by atoms with Crippen LogP contribution in [0.25, 0.3) is 0 Å². The molecular formula is C23H27NO5. The molecular weight excluding hydrogens is 370 g/mol. The molecule has 1 unspecified atom stereocenters. The van der Waals surface area contributed by atoms with Gasteiger partial charge >= 0.3 is 0 Å². The second-order valence-electron chi connectivity index (χ2n) is 7.46. The largest absolute Gasteiger partial charge is 0.493 e. The normalized spacial score (nSPS) is 16.1. The lowest BCUT2D eigenvalue weighted by molar-refractivity contribution is 0.0951. The van der Waals surface area contributed by atoms with Crippen LogP contribution in [0, 0.1) is 5.92 Å². The van der Waals surface area contributed by atoms with Gasteiger partial charge in [-0.15, -0.1) is 0 Å². The molecule has 1 atom stereocenters. The van der Waals surface area contributed by atoms with E-state index >= 15 is 0 Å². The van der Waals surface area contributed by atoms with Gasteiger partial charge in [0.25, 0.3) is 5.91 Å². The van der Waals surface area contributed by atoms with Crippen molar-refractivity contribution in [3.8, 4) is 23.0 Å². The standard InChI is InChI=1S/C23H27NO5/c1-26-19-7-6-17(14-21(19)27-2)23(25)24-10-9-18(15-3-4-15)16-5-8-20-22(13-16)29-12-11-28-20/h5-8,13-15,18H,3-4,9-12H2,1-2H3,(H,24,25). The first-order valence-electron chi connectivity index (χ1n) is 10.1. The molecule has 1 aliphatic carbocycles. The summed E-state index contributed by atoms with van der Waals surface area (Å²) in [4.78, 5) is 12.6. The molecule has 6 nitrogen and oxygen atoms in total. The zero-order chi connectivity index (χ0) is 20.2. The molecule has 2 aliphatic rings. The number of benzene rings is 2. The molecule has 29 heavy (non-hydrogen) atoms. The smallest absolute Gasteiger partial charge is 0.251 e. The van der Waals surface area contributed by atoms with Gasteiger partial charge in [0.15, 0.2) is 23.0 Å². The lowest BCUT2D eigenvalue weighted by atomic mass is 9.90. The van der Waals surface area contributed by atoms with E-state index in [0.29, 0.717) is 48.7 Å². The summed E-state index contributed by atoms with van der Waals surface area (Å²) in [5, 5.41) is 3.04. The molecule has 0 spiro atoms. The first-order valence-corrected chi connectivity index (χ1v) is 10.1. The Bertz CT molecular complexity index is 878. The number of hydrogen-bond acceptors (Lipinski definition) is 5. The van der Waals surface area contributed by atoms with E-state index in [-0.39, 0.29) is 5.91 Å². The highest BCUT2D eigenvalue weighted by Gasteiger charge is 2.32. The summed E-state index contributed by atoms with van der Waals surface area (Å²) in [5.41, 5.74) is 1.82. The molecule has 0 radical (unpaired) electrons. The average Bonchev–Trinajstić information content (AvgIpc) is 3.61. The molecule has 1 saturated carbocycles. The van der Waals surface area contributed by atoms with Crippen molar-refractivity contribution in [2.24, 2.45) is 5.92 Å². The van der Waals surface area contributed by atoms with E-state index in [9.17, 15) is 4.79 Å². The first kappa shape index (κ1) is 19.4. The van der Waals surface area contributed by atoms with E-state index in [0.717, 1.165) is 17.9 Å². The van der Waals surface area contributed by atoms with Crippen molar-refractivity contribution in [2.45, 2.75) is 25.2 Å². The Hall–Kier alpha value is -2.89. The summed E-state index contributed by atoms with van der Waals surface area (Å²) >= 11 is 0. The van der Waals surface area contributed by atoms with Crippen LogP contribution in [0.4, 0.5) is 0 Å². The Labute approximate surface area is 171 Å². The minimum absolute atomic E-state index is 0.109. The Morgan fingerprint density at radius 2 is 1.79 bits per heavy atom. The summed E-state index contributed by atoms with van der Waals surface area (Å²) < 4.78 is 21.9. The minimum Gasteiger partial charge on any atom is -0.493 e. The van der Waals surface area contributed by atoms with Gasteiger partial charge in [-0.2, -0.15) is 0 Å². The van der Waals surface area contributed by atoms with E-state index in [2.05, 4.69) is 17.4 Å². The van der Waals surface area contributed by atoms with Gasteiger partial charge in [0, 0.05) is 12.1 Å². The topological polar surface area (TPSA) is 66.0 Å². The van der Waals surface area contributed by atoms with Crippen LogP contribution in [-0.4, -0.2) is 39.9 Å². The summed E-state index contributed by atoms with van der Waals surface area (Å²) in [6.07, 6.45) is 3.37. The molecule has 2 aromatic carbocycles. The number of ether oxygens (including phenoxy) is 4. The van der Waals surface area contributed by atoms with Crippen molar-refractivity contribution in [1.82, 2.24) is 5.32 Å². The van der Waals surface area contributed by atoms with Crippen LogP contribution in [0.2, 0.25) is 0 Å². The van der Waals surface area contributed by atoms with Crippen molar-refractivity contribution in [3.05, 3.63) is 47.5 Å². The molecule has 1 fully saturated rings. The molecule has 154 valence electrons. The number of amides is 1. The molecule has 0 saturated heterocycles. The fourth-order valence-corrected chi connectivity index (χ4v) is 3.88. The van der Waals surface area contributed by atoms with Gasteiger partial charge in [-0.3, -0.25) is 4.79 Å². The highest BCUT2D eigenvalue weighted by atomic mass is 16.6. The first-order chi connectivity index (χ1) is 14.2. The SMILES string of the molecule is COc1ccc(C(=O)NCCC(c2ccc3c(c2)OCCO3)C2CC2)cc1OC. The third-order valence-electron chi connectivity index (χ3n) is 5.57. The maximum absolute atomic E-state index is 12.6. The van der Waals surface area contributed by atoms with E-state index in [1.807, 2.05) is 6.07 Å². The number of carbonyl (C=O) groups excluding carboxylic acids is 1. The molecule has 4 rings (SSSR count). The lowest BCUT2D eigenvalue weighted by Crippen LogP contribution is -2.26. The van der Waals surface area contributed by atoms with Crippen molar-refractivity contribution in [2.75, 3.05) is 34.0 Å². The zero-order valence-electron chi connectivity index (χ0n) is 16.9. The number of nitrogens with one attached hydrogen (secondary N) is 1. The van der Waals surface area contributed by atoms with E-state index in [4.69, 9.17) is 18.9 Å². The minimum atomic E-state index is -0.109. The molecule has 6 heteroatoms. The van der Waals surface area contributed by atoms with E-state index in [1.165, 1.54) is 18.4 Å². The van der Waals surface area contributed by atoms with Gasteiger partial charge in [0.1, 0.15) is 13.2 Å². The quantitative estimate of drug-likeness (QED) is 0.734. The van der Waals surface area contributed by atoms with E-state index in [1.54, 1.807) is 32.4 Å². The van der Waals surface area contributed by atoms with Crippen LogP contribution in [0.15, 0.2) is 36.4 Å². The Balaban J connectivity index is 1.39.